The normalized spacial score (nSPS) is 11.7. The first-order valence-corrected chi connectivity index (χ1v) is 21.3. The minimum atomic E-state index is 1.08. The van der Waals surface area contributed by atoms with Crippen molar-refractivity contribution in [1.82, 2.24) is 0 Å². The van der Waals surface area contributed by atoms with E-state index in [1.54, 1.807) is 0 Å². The van der Waals surface area contributed by atoms with E-state index in [4.69, 9.17) is 0 Å². The molecular weight excluding hydrogens is 747 g/mol. The highest BCUT2D eigenvalue weighted by atomic mass is 15.1. The average molecular weight is 792 g/mol. The summed E-state index contributed by atoms with van der Waals surface area (Å²) in [6, 6.07) is 79.5. The molecule has 1 heteroatoms. The molecule has 0 atom stereocenters. The molecule has 0 aromatic heterocycles. The zero-order chi connectivity index (χ0) is 41.8. The molecule has 0 aliphatic carbocycles. The van der Waals surface area contributed by atoms with Gasteiger partial charge in [0.15, 0.2) is 0 Å². The minimum Gasteiger partial charge on any atom is -0.311 e. The van der Waals surface area contributed by atoms with Crippen LogP contribution in [-0.2, 0) is 0 Å². The first kappa shape index (κ1) is 38.2. The van der Waals surface area contributed by atoms with Crippen LogP contribution in [0, 0.1) is 0 Å². The van der Waals surface area contributed by atoms with E-state index in [9.17, 15) is 0 Å². The van der Waals surface area contributed by atoms with Crippen LogP contribution in [0.4, 0.5) is 17.1 Å². The van der Waals surface area contributed by atoms with Crippen molar-refractivity contribution in [1.29, 1.82) is 0 Å². The van der Waals surface area contributed by atoms with Gasteiger partial charge in [-0.2, -0.15) is 0 Å². The molecule has 0 aliphatic rings. The van der Waals surface area contributed by atoms with E-state index in [1.807, 2.05) is 6.08 Å². The van der Waals surface area contributed by atoms with Crippen molar-refractivity contribution in [2.75, 3.05) is 4.90 Å². The summed E-state index contributed by atoms with van der Waals surface area (Å²) in [4.78, 5) is 2.36. The third kappa shape index (κ3) is 7.42. The van der Waals surface area contributed by atoms with Gasteiger partial charge in [-0.15, -0.1) is 0 Å². The van der Waals surface area contributed by atoms with E-state index in [0.29, 0.717) is 0 Å². The molecule has 0 heterocycles. The number of rotatable bonds is 10. The van der Waals surface area contributed by atoms with E-state index in [1.165, 1.54) is 71.3 Å². The molecule has 0 aliphatic heterocycles. The second kappa shape index (κ2) is 16.9. The van der Waals surface area contributed by atoms with Crippen molar-refractivity contribution in [3.63, 3.8) is 0 Å². The quantitative estimate of drug-likeness (QED) is 0.0985. The molecule has 294 valence electrons. The van der Waals surface area contributed by atoms with Gasteiger partial charge in [0.1, 0.15) is 0 Å². The van der Waals surface area contributed by atoms with Crippen LogP contribution >= 0.6 is 0 Å². The van der Waals surface area contributed by atoms with Crippen LogP contribution in [0.25, 0.3) is 82.4 Å². The fraction of sp³-hybridized carbons (Fsp3) is 0.0164. The maximum Gasteiger partial charge on any atom is 0.0462 e. The van der Waals surface area contributed by atoms with E-state index in [0.717, 1.165) is 33.8 Å². The first-order valence-electron chi connectivity index (χ1n) is 21.3. The van der Waals surface area contributed by atoms with Crippen molar-refractivity contribution < 1.29 is 0 Å². The summed E-state index contributed by atoms with van der Waals surface area (Å²) in [5.41, 5.74) is 15.1. The SMILES string of the molecule is C=C/C=C(\C=C/C)c1ccc(-c2ccc(N(c3ccc(-c4ccc5ccccc5c4)cc3)c3ccc(-c4cccc5c4ccc4ccccc45)cc3)cc2)cc1-c1ccccc1. The molecule has 0 saturated heterocycles. The first-order chi connectivity index (χ1) is 30.6. The number of hydrogen-bond acceptors (Lipinski definition) is 1. The Morgan fingerprint density at radius 2 is 0.919 bits per heavy atom. The smallest absolute Gasteiger partial charge is 0.0462 e. The lowest BCUT2D eigenvalue weighted by atomic mass is 9.90. The molecular formula is C61H45N. The topological polar surface area (TPSA) is 3.24 Å². The molecule has 1 nitrogen and oxygen atoms in total. The number of hydrogen-bond donors (Lipinski definition) is 0. The second-order valence-electron chi connectivity index (χ2n) is 15.7. The maximum absolute atomic E-state index is 3.99. The van der Waals surface area contributed by atoms with Crippen LogP contribution in [0.3, 0.4) is 0 Å². The lowest BCUT2D eigenvalue weighted by Crippen LogP contribution is -2.09. The number of nitrogens with zero attached hydrogens (tertiary/aromatic N) is 1. The van der Waals surface area contributed by atoms with Crippen LogP contribution in [0.15, 0.2) is 249 Å². The van der Waals surface area contributed by atoms with Crippen molar-refractivity contribution in [2.24, 2.45) is 0 Å². The summed E-state index contributed by atoms with van der Waals surface area (Å²) < 4.78 is 0. The monoisotopic (exact) mass is 791 g/mol. The predicted octanol–water partition coefficient (Wildman–Crippen LogP) is 17.4. The second-order valence-corrected chi connectivity index (χ2v) is 15.7. The van der Waals surface area contributed by atoms with Gasteiger partial charge in [-0.3, -0.25) is 0 Å². The molecule has 10 aromatic carbocycles. The van der Waals surface area contributed by atoms with E-state index in [-0.39, 0.29) is 0 Å². The lowest BCUT2D eigenvalue weighted by molar-refractivity contribution is 1.28. The Bertz CT molecular complexity index is 3280. The number of benzene rings is 10. The van der Waals surface area contributed by atoms with Gasteiger partial charge in [-0.1, -0.05) is 201 Å². The van der Waals surface area contributed by atoms with E-state index < -0.39 is 0 Å². The summed E-state index contributed by atoms with van der Waals surface area (Å²) in [6.45, 7) is 6.05. The van der Waals surface area contributed by atoms with Gasteiger partial charge < -0.3 is 4.90 Å². The van der Waals surface area contributed by atoms with Crippen LogP contribution in [-0.4, -0.2) is 0 Å². The summed E-state index contributed by atoms with van der Waals surface area (Å²) in [5.74, 6) is 0. The molecule has 0 N–H and O–H groups in total. The maximum atomic E-state index is 3.99. The van der Waals surface area contributed by atoms with Gasteiger partial charge in [0, 0.05) is 17.1 Å². The molecule has 0 radical (unpaired) electrons. The molecule has 10 aromatic rings. The summed E-state index contributed by atoms with van der Waals surface area (Å²) >= 11 is 0. The fourth-order valence-electron chi connectivity index (χ4n) is 8.88. The molecule has 0 fully saturated rings. The van der Waals surface area contributed by atoms with Gasteiger partial charge in [0.25, 0.3) is 0 Å². The van der Waals surface area contributed by atoms with E-state index in [2.05, 4.69) is 255 Å². The molecule has 0 unspecified atom stereocenters. The van der Waals surface area contributed by atoms with Gasteiger partial charge in [-0.05, 0) is 143 Å². The molecule has 0 spiro atoms. The summed E-state index contributed by atoms with van der Waals surface area (Å²) in [6.07, 6.45) is 8.17. The third-order valence-electron chi connectivity index (χ3n) is 11.9. The largest absolute Gasteiger partial charge is 0.311 e. The Balaban J connectivity index is 1.04. The minimum absolute atomic E-state index is 1.08. The van der Waals surface area contributed by atoms with Gasteiger partial charge in [0.2, 0.25) is 0 Å². The Morgan fingerprint density at radius 1 is 0.387 bits per heavy atom. The molecule has 0 bridgehead atoms. The zero-order valence-electron chi connectivity index (χ0n) is 34.7. The standard InChI is InChI=1S/C61H45N/c1-3-13-46(14-4-2)58-39-32-52(42-61(58)47-16-6-5-7-17-47)45-27-35-54(36-28-45)62(53-33-25-44(26-34-53)51-24-23-43-15-8-9-19-50(43)41-51)55-37-29-49(30-38-55)57-21-12-22-59-56-20-11-10-18-48(56)31-40-60(57)59/h3-42H,1H2,2H3/b14-4-,46-13+. The van der Waals surface area contributed by atoms with E-state index >= 15 is 0 Å². The average Bonchev–Trinajstić information content (AvgIpc) is 3.34. The summed E-state index contributed by atoms with van der Waals surface area (Å²) in [7, 11) is 0. The van der Waals surface area contributed by atoms with Crippen LogP contribution in [0.2, 0.25) is 0 Å². The highest BCUT2D eigenvalue weighted by molar-refractivity contribution is 6.12. The molecule has 0 saturated carbocycles. The van der Waals surface area contributed by atoms with Crippen LogP contribution in [0.1, 0.15) is 12.5 Å². The Kier molecular flexibility index (Phi) is 10.4. The number of allylic oxidation sites excluding steroid dienone is 5. The summed E-state index contributed by atoms with van der Waals surface area (Å²) in [5, 5.41) is 7.56. The van der Waals surface area contributed by atoms with Crippen LogP contribution < -0.4 is 4.90 Å². The molecule has 10 rings (SSSR count). The predicted molar refractivity (Wildman–Crippen MR) is 268 cm³/mol. The third-order valence-corrected chi connectivity index (χ3v) is 11.9. The number of fused-ring (bicyclic) bond motifs is 4. The lowest BCUT2D eigenvalue weighted by Gasteiger charge is -2.26. The Hall–Kier alpha value is -8.00. The van der Waals surface area contributed by atoms with Gasteiger partial charge in [0.05, 0.1) is 0 Å². The van der Waals surface area contributed by atoms with Crippen molar-refractivity contribution in [3.05, 3.63) is 255 Å². The highest BCUT2D eigenvalue weighted by Gasteiger charge is 2.16. The van der Waals surface area contributed by atoms with Gasteiger partial charge in [-0.25, -0.2) is 0 Å². The molecule has 0 amide bonds. The Morgan fingerprint density at radius 3 is 1.60 bits per heavy atom. The number of anilines is 3. The highest BCUT2D eigenvalue weighted by Crippen LogP contribution is 2.40. The van der Waals surface area contributed by atoms with Gasteiger partial charge >= 0.3 is 0 Å². The van der Waals surface area contributed by atoms with Crippen molar-refractivity contribution in [3.8, 4) is 44.5 Å². The molecule has 62 heavy (non-hydrogen) atoms. The zero-order valence-corrected chi connectivity index (χ0v) is 34.7. The Labute approximate surface area is 364 Å². The van der Waals surface area contributed by atoms with Crippen molar-refractivity contribution >= 4 is 55.0 Å². The van der Waals surface area contributed by atoms with Crippen LogP contribution in [0.5, 0.6) is 0 Å². The van der Waals surface area contributed by atoms with Crippen molar-refractivity contribution in [2.45, 2.75) is 6.92 Å². The fourth-order valence-corrected chi connectivity index (χ4v) is 8.88.